The lowest BCUT2D eigenvalue weighted by Crippen LogP contribution is -2.10. The van der Waals surface area contributed by atoms with Crippen LogP contribution < -0.4 is 9.47 Å². The molecule has 0 aliphatic heterocycles. The number of hydrogen-bond donors (Lipinski definition) is 0. The van der Waals surface area contributed by atoms with Gasteiger partial charge in [-0.1, -0.05) is 23.2 Å². The molecule has 0 aliphatic rings. The SMILES string of the molecule is COC(=O)Oc1c2ccc(Cl)cc2c(OC(=O)OC)c2ccc(Cl)cc12. The molecule has 0 heterocycles. The predicted molar refractivity (Wildman–Crippen MR) is 97.5 cm³/mol. The Morgan fingerprint density at radius 3 is 1.42 bits per heavy atom. The number of hydrogen-bond acceptors (Lipinski definition) is 6. The number of halogens is 2. The number of fused-ring (bicyclic) bond motifs is 2. The Hall–Kier alpha value is -2.70. The van der Waals surface area contributed by atoms with Crippen molar-refractivity contribution in [2.75, 3.05) is 14.2 Å². The van der Waals surface area contributed by atoms with E-state index in [1.165, 1.54) is 14.2 Å². The summed E-state index contributed by atoms with van der Waals surface area (Å²) in [6.45, 7) is 0. The molecule has 3 aromatic rings. The zero-order valence-corrected chi connectivity index (χ0v) is 15.2. The minimum atomic E-state index is -0.899. The van der Waals surface area contributed by atoms with Gasteiger partial charge in [-0.15, -0.1) is 0 Å². The van der Waals surface area contributed by atoms with Gasteiger partial charge in [-0.3, -0.25) is 0 Å². The monoisotopic (exact) mass is 394 g/mol. The van der Waals surface area contributed by atoms with Crippen molar-refractivity contribution in [2.24, 2.45) is 0 Å². The summed E-state index contributed by atoms with van der Waals surface area (Å²) in [5, 5.41) is 2.68. The highest BCUT2D eigenvalue weighted by atomic mass is 35.5. The van der Waals surface area contributed by atoms with E-state index in [1.54, 1.807) is 36.4 Å². The van der Waals surface area contributed by atoms with Crippen LogP contribution in [0.5, 0.6) is 11.5 Å². The van der Waals surface area contributed by atoms with Crippen LogP contribution in [0.4, 0.5) is 9.59 Å². The zero-order chi connectivity index (χ0) is 18.8. The van der Waals surface area contributed by atoms with Crippen LogP contribution in [0.3, 0.4) is 0 Å². The van der Waals surface area contributed by atoms with Crippen molar-refractivity contribution in [3.63, 3.8) is 0 Å². The molecule has 134 valence electrons. The van der Waals surface area contributed by atoms with Crippen molar-refractivity contribution in [3.05, 3.63) is 46.4 Å². The third-order valence-corrected chi connectivity index (χ3v) is 4.12. The summed E-state index contributed by atoms with van der Waals surface area (Å²) < 4.78 is 19.9. The number of benzene rings is 3. The Morgan fingerprint density at radius 1 is 0.692 bits per heavy atom. The van der Waals surface area contributed by atoms with Gasteiger partial charge < -0.3 is 18.9 Å². The second-order valence-corrected chi connectivity index (χ2v) is 6.02. The highest BCUT2D eigenvalue weighted by molar-refractivity contribution is 6.33. The van der Waals surface area contributed by atoms with Crippen LogP contribution in [0.15, 0.2) is 36.4 Å². The maximum Gasteiger partial charge on any atom is 0.513 e. The minimum Gasteiger partial charge on any atom is -0.437 e. The third-order valence-electron chi connectivity index (χ3n) is 3.65. The second-order valence-electron chi connectivity index (χ2n) is 5.15. The fourth-order valence-electron chi connectivity index (χ4n) is 2.56. The largest absolute Gasteiger partial charge is 0.513 e. The highest BCUT2D eigenvalue weighted by Crippen LogP contribution is 2.44. The average molecular weight is 395 g/mol. The molecule has 0 aromatic heterocycles. The zero-order valence-electron chi connectivity index (χ0n) is 13.7. The molecule has 3 rings (SSSR count). The molecule has 0 radical (unpaired) electrons. The summed E-state index contributed by atoms with van der Waals surface area (Å²) in [5.74, 6) is 0.413. The summed E-state index contributed by atoms with van der Waals surface area (Å²) in [6.07, 6.45) is -1.80. The van der Waals surface area contributed by atoms with Gasteiger partial charge in [0, 0.05) is 31.6 Å². The van der Waals surface area contributed by atoms with Crippen LogP contribution in [0.1, 0.15) is 0 Å². The molecular weight excluding hydrogens is 383 g/mol. The Labute approximate surface area is 158 Å². The van der Waals surface area contributed by atoms with Gasteiger partial charge in [0.25, 0.3) is 0 Å². The van der Waals surface area contributed by atoms with Gasteiger partial charge in [-0.2, -0.15) is 0 Å². The van der Waals surface area contributed by atoms with Crippen molar-refractivity contribution >= 4 is 57.1 Å². The van der Waals surface area contributed by atoms with Gasteiger partial charge in [-0.05, 0) is 36.4 Å². The number of carbonyl (C=O) groups is 2. The Morgan fingerprint density at radius 2 is 1.08 bits per heavy atom. The number of methoxy groups -OCH3 is 2. The van der Waals surface area contributed by atoms with E-state index in [0.29, 0.717) is 31.6 Å². The summed E-state index contributed by atoms with van der Waals surface area (Å²) in [6, 6.07) is 9.69. The van der Waals surface area contributed by atoms with Crippen molar-refractivity contribution in [3.8, 4) is 11.5 Å². The Bertz CT molecular complexity index is 948. The van der Waals surface area contributed by atoms with Crippen LogP contribution in [0.2, 0.25) is 10.0 Å². The van der Waals surface area contributed by atoms with Crippen LogP contribution in [-0.2, 0) is 9.47 Å². The first-order valence-electron chi connectivity index (χ1n) is 7.30. The van der Waals surface area contributed by atoms with E-state index in [2.05, 4.69) is 9.47 Å². The molecule has 0 spiro atoms. The molecule has 0 amide bonds. The van der Waals surface area contributed by atoms with E-state index in [1.807, 2.05) is 0 Å². The first-order chi connectivity index (χ1) is 12.4. The predicted octanol–water partition coefficient (Wildman–Crippen LogP) is 5.59. The van der Waals surface area contributed by atoms with Gasteiger partial charge in [-0.25, -0.2) is 9.59 Å². The van der Waals surface area contributed by atoms with Crippen molar-refractivity contribution < 1.29 is 28.5 Å². The highest BCUT2D eigenvalue weighted by Gasteiger charge is 2.21. The van der Waals surface area contributed by atoms with Crippen LogP contribution in [0, 0.1) is 0 Å². The first kappa shape index (κ1) is 18.1. The minimum absolute atomic E-state index is 0.207. The molecular formula is C18H12Cl2O6. The third kappa shape index (κ3) is 3.34. The fourth-order valence-corrected chi connectivity index (χ4v) is 2.91. The van der Waals surface area contributed by atoms with E-state index in [-0.39, 0.29) is 11.5 Å². The molecule has 0 aliphatic carbocycles. The van der Waals surface area contributed by atoms with Gasteiger partial charge in [0.2, 0.25) is 0 Å². The Kier molecular flexibility index (Phi) is 5.06. The second kappa shape index (κ2) is 7.27. The molecule has 0 bridgehead atoms. The van der Waals surface area contributed by atoms with Gasteiger partial charge in [0.1, 0.15) is 0 Å². The molecule has 26 heavy (non-hydrogen) atoms. The average Bonchev–Trinajstić information content (AvgIpc) is 2.63. The number of ether oxygens (including phenoxy) is 4. The normalized spacial score (nSPS) is 10.6. The van der Waals surface area contributed by atoms with E-state index in [4.69, 9.17) is 32.7 Å². The molecule has 0 unspecified atom stereocenters. The van der Waals surface area contributed by atoms with Crippen LogP contribution in [-0.4, -0.2) is 26.5 Å². The molecule has 0 N–H and O–H groups in total. The van der Waals surface area contributed by atoms with Gasteiger partial charge in [0.05, 0.1) is 14.2 Å². The molecule has 6 nitrogen and oxygen atoms in total. The number of carbonyl (C=O) groups excluding carboxylic acids is 2. The van der Waals surface area contributed by atoms with E-state index < -0.39 is 12.3 Å². The molecule has 0 atom stereocenters. The van der Waals surface area contributed by atoms with E-state index in [0.717, 1.165) is 0 Å². The van der Waals surface area contributed by atoms with Gasteiger partial charge in [0.15, 0.2) is 11.5 Å². The van der Waals surface area contributed by atoms with E-state index >= 15 is 0 Å². The summed E-state index contributed by atoms with van der Waals surface area (Å²) in [5.41, 5.74) is 0. The standard InChI is InChI=1S/C18H12Cl2O6/c1-23-17(21)25-15-11-5-3-10(20)8-14(11)16(26-18(22)24-2)12-6-4-9(19)7-13(12)15/h3-8H,1-2H3. The lowest BCUT2D eigenvalue weighted by molar-refractivity contribution is 0.120. The van der Waals surface area contributed by atoms with Crippen LogP contribution >= 0.6 is 23.2 Å². The lowest BCUT2D eigenvalue weighted by atomic mass is 10.0. The topological polar surface area (TPSA) is 71.1 Å². The maximum atomic E-state index is 11.7. The summed E-state index contributed by atoms with van der Waals surface area (Å²) in [4.78, 5) is 23.4. The molecule has 8 heteroatoms. The van der Waals surface area contributed by atoms with Crippen molar-refractivity contribution in [1.29, 1.82) is 0 Å². The molecule has 0 saturated carbocycles. The molecule has 0 fully saturated rings. The number of rotatable bonds is 2. The van der Waals surface area contributed by atoms with Crippen molar-refractivity contribution in [2.45, 2.75) is 0 Å². The smallest absolute Gasteiger partial charge is 0.437 e. The molecule has 0 saturated heterocycles. The molecule has 3 aromatic carbocycles. The van der Waals surface area contributed by atoms with Crippen molar-refractivity contribution in [1.82, 2.24) is 0 Å². The maximum absolute atomic E-state index is 11.7. The first-order valence-corrected chi connectivity index (χ1v) is 8.06. The summed E-state index contributed by atoms with van der Waals surface area (Å²) >= 11 is 12.2. The Balaban J connectivity index is 2.43. The summed E-state index contributed by atoms with van der Waals surface area (Å²) in [7, 11) is 2.40. The van der Waals surface area contributed by atoms with Crippen LogP contribution in [0.25, 0.3) is 21.5 Å². The quantitative estimate of drug-likeness (QED) is 0.320. The lowest BCUT2D eigenvalue weighted by Gasteiger charge is -2.16. The van der Waals surface area contributed by atoms with E-state index in [9.17, 15) is 9.59 Å². The van der Waals surface area contributed by atoms with Gasteiger partial charge >= 0.3 is 12.3 Å². The fraction of sp³-hybridized carbons (Fsp3) is 0.111.